The quantitative estimate of drug-likeness (QED) is 0.872. The monoisotopic (exact) mass is 364 g/mol. The Labute approximate surface area is 150 Å². The average molecular weight is 365 g/mol. The molecule has 1 saturated heterocycles. The van der Waals surface area contributed by atoms with Gasteiger partial charge in [-0.3, -0.25) is 4.79 Å². The number of amides is 1. The first-order valence-corrected chi connectivity index (χ1v) is 10.9. The molecule has 138 valence electrons. The van der Waals surface area contributed by atoms with E-state index in [1.54, 1.807) is 6.92 Å². The summed E-state index contributed by atoms with van der Waals surface area (Å²) in [5.74, 6) is -0.205. The Bertz CT molecular complexity index is 745. The molecule has 1 aromatic carbocycles. The summed E-state index contributed by atoms with van der Waals surface area (Å²) in [7, 11) is -3.22. The van der Waals surface area contributed by atoms with Crippen LogP contribution in [0.1, 0.15) is 55.8 Å². The van der Waals surface area contributed by atoms with E-state index in [1.165, 1.54) is 21.9 Å². The van der Waals surface area contributed by atoms with E-state index >= 15 is 0 Å². The van der Waals surface area contributed by atoms with Gasteiger partial charge < -0.3 is 5.32 Å². The van der Waals surface area contributed by atoms with Crippen molar-refractivity contribution in [3.63, 3.8) is 0 Å². The lowest BCUT2D eigenvalue weighted by atomic mass is 9.97. The highest BCUT2D eigenvalue weighted by Gasteiger charge is 2.32. The molecule has 1 fully saturated rings. The van der Waals surface area contributed by atoms with Gasteiger partial charge >= 0.3 is 0 Å². The van der Waals surface area contributed by atoms with Crippen LogP contribution in [0.25, 0.3) is 0 Å². The summed E-state index contributed by atoms with van der Waals surface area (Å²) >= 11 is 0. The number of carbonyl (C=O) groups excluding carboxylic acids is 1. The Morgan fingerprint density at radius 2 is 2.04 bits per heavy atom. The highest BCUT2D eigenvalue weighted by molar-refractivity contribution is 7.89. The average Bonchev–Trinajstić information content (AvgIpc) is 3.09. The first-order chi connectivity index (χ1) is 11.9. The van der Waals surface area contributed by atoms with Gasteiger partial charge in [0.25, 0.3) is 0 Å². The van der Waals surface area contributed by atoms with Crippen LogP contribution in [0.4, 0.5) is 0 Å². The summed E-state index contributed by atoms with van der Waals surface area (Å²) in [6, 6.07) is 6.43. The number of rotatable bonds is 5. The van der Waals surface area contributed by atoms with E-state index in [-0.39, 0.29) is 23.6 Å². The summed E-state index contributed by atoms with van der Waals surface area (Å²) < 4.78 is 25.6. The predicted molar refractivity (Wildman–Crippen MR) is 98.8 cm³/mol. The van der Waals surface area contributed by atoms with Gasteiger partial charge in [0.05, 0.1) is 17.7 Å². The second-order valence-electron chi connectivity index (χ2n) is 7.21. The molecule has 1 aliphatic carbocycles. The minimum absolute atomic E-state index is 0.0380. The van der Waals surface area contributed by atoms with E-state index in [9.17, 15) is 13.2 Å². The summed E-state index contributed by atoms with van der Waals surface area (Å²) in [6.45, 7) is 4.48. The van der Waals surface area contributed by atoms with Crippen LogP contribution in [0.2, 0.25) is 0 Å². The number of sulfonamides is 1. The van der Waals surface area contributed by atoms with Gasteiger partial charge in [-0.15, -0.1) is 0 Å². The van der Waals surface area contributed by atoms with Gasteiger partial charge in [-0.05, 0) is 62.6 Å². The zero-order chi connectivity index (χ0) is 18.0. The zero-order valence-corrected chi connectivity index (χ0v) is 15.9. The standard InChI is InChI=1S/C19H28N2O3S/c1-3-25(23,24)21-11-5-8-18(13-21)19(22)20-14(2)16-10-9-15-6-4-7-17(15)12-16/h9-10,12,14,18H,3-8,11,13H2,1-2H3,(H,20,22)/t14-,18-/m1/s1. The molecule has 1 amide bonds. The van der Waals surface area contributed by atoms with Crippen molar-refractivity contribution in [2.24, 2.45) is 5.92 Å². The maximum absolute atomic E-state index is 12.6. The molecule has 2 aliphatic rings. The first-order valence-electron chi connectivity index (χ1n) is 9.30. The van der Waals surface area contributed by atoms with Crippen molar-refractivity contribution < 1.29 is 13.2 Å². The van der Waals surface area contributed by atoms with Crippen LogP contribution in [0.15, 0.2) is 18.2 Å². The van der Waals surface area contributed by atoms with Gasteiger partial charge in [-0.2, -0.15) is 0 Å². The van der Waals surface area contributed by atoms with E-state index in [0.717, 1.165) is 31.2 Å². The molecule has 1 aliphatic heterocycles. The predicted octanol–water partition coefficient (Wildman–Crippen LogP) is 2.41. The smallest absolute Gasteiger partial charge is 0.224 e. The fraction of sp³-hybridized carbons (Fsp3) is 0.632. The molecule has 0 bridgehead atoms. The third kappa shape index (κ3) is 4.06. The van der Waals surface area contributed by atoms with Crippen molar-refractivity contribution in [2.75, 3.05) is 18.8 Å². The van der Waals surface area contributed by atoms with Gasteiger partial charge in [0.1, 0.15) is 0 Å². The Morgan fingerprint density at radius 1 is 1.28 bits per heavy atom. The SMILES string of the molecule is CCS(=O)(=O)N1CCC[C@@H](C(=O)N[C@H](C)c2ccc3c(c2)CCC3)C1. The molecule has 0 saturated carbocycles. The van der Waals surface area contributed by atoms with Crippen molar-refractivity contribution >= 4 is 15.9 Å². The lowest BCUT2D eigenvalue weighted by Gasteiger charge is -2.31. The van der Waals surface area contributed by atoms with Crippen LogP contribution >= 0.6 is 0 Å². The summed E-state index contributed by atoms with van der Waals surface area (Å²) in [6.07, 6.45) is 4.98. The van der Waals surface area contributed by atoms with Gasteiger partial charge in [0.15, 0.2) is 0 Å². The highest BCUT2D eigenvalue weighted by atomic mass is 32.2. The molecular formula is C19H28N2O3S. The second kappa shape index (κ2) is 7.46. The molecule has 1 heterocycles. The van der Waals surface area contributed by atoms with E-state index in [1.807, 2.05) is 6.92 Å². The van der Waals surface area contributed by atoms with Crippen molar-refractivity contribution in [1.82, 2.24) is 9.62 Å². The molecule has 25 heavy (non-hydrogen) atoms. The zero-order valence-electron chi connectivity index (χ0n) is 15.1. The van der Waals surface area contributed by atoms with Crippen molar-refractivity contribution in [3.8, 4) is 0 Å². The summed E-state index contributed by atoms with van der Waals surface area (Å²) in [5.41, 5.74) is 3.95. The van der Waals surface area contributed by atoms with E-state index in [0.29, 0.717) is 13.1 Å². The maximum Gasteiger partial charge on any atom is 0.224 e. The van der Waals surface area contributed by atoms with Crippen LogP contribution in [0.5, 0.6) is 0 Å². The number of carbonyl (C=O) groups is 1. The molecule has 1 N–H and O–H groups in total. The Hall–Kier alpha value is -1.40. The van der Waals surface area contributed by atoms with Crippen molar-refractivity contribution in [2.45, 2.75) is 52.0 Å². The van der Waals surface area contributed by atoms with Gasteiger partial charge in [0, 0.05) is 13.1 Å². The van der Waals surface area contributed by atoms with Crippen LogP contribution in [0.3, 0.4) is 0 Å². The van der Waals surface area contributed by atoms with Crippen molar-refractivity contribution in [1.29, 1.82) is 0 Å². The molecule has 0 spiro atoms. The molecule has 1 aromatic rings. The molecule has 0 unspecified atom stereocenters. The largest absolute Gasteiger partial charge is 0.349 e. The number of fused-ring (bicyclic) bond motifs is 1. The number of hydrogen-bond donors (Lipinski definition) is 1. The van der Waals surface area contributed by atoms with Crippen LogP contribution in [-0.2, 0) is 27.7 Å². The Morgan fingerprint density at radius 3 is 2.80 bits per heavy atom. The third-order valence-corrected chi connectivity index (χ3v) is 7.34. The molecular weight excluding hydrogens is 336 g/mol. The molecule has 0 radical (unpaired) electrons. The molecule has 0 aromatic heterocycles. The van der Waals surface area contributed by atoms with Gasteiger partial charge in [-0.1, -0.05) is 18.2 Å². The number of hydrogen-bond acceptors (Lipinski definition) is 3. The number of nitrogens with one attached hydrogen (secondary N) is 1. The van der Waals surface area contributed by atoms with Crippen LogP contribution < -0.4 is 5.32 Å². The third-order valence-electron chi connectivity index (χ3n) is 5.49. The normalized spacial score (nSPS) is 22.4. The van der Waals surface area contributed by atoms with Crippen molar-refractivity contribution in [3.05, 3.63) is 34.9 Å². The second-order valence-corrected chi connectivity index (χ2v) is 9.47. The molecule has 2 atom stereocenters. The number of aryl methyl sites for hydroxylation is 2. The lowest BCUT2D eigenvalue weighted by Crippen LogP contribution is -2.46. The van der Waals surface area contributed by atoms with E-state index in [4.69, 9.17) is 0 Å². The molecule has 5 nitrogen and oxygen atoms in total. The van der Waals surface area contributed by atoms with E-state index in [2.05, 4.69) is 23.5 Å². The number of nitrogens with zero attached hydrogens (tertiary/aromatic N) is 1. The van der Waals surface area contributed by atoms with E-state index < -0.39 is 10.0 Å². The highest BCUT2D eigenvalue weighted by Crippen LogP contribution is 2.26. The Kier molecular flexibility index (Phi) is 5.49. The first kappa shape index (κ1) is 18.4. The maximum atomic E-state index is 12.6. The topological polar surface area (TPSA) is 66.5 Å². The molecule has 3 rings (SSSR count). The Balaban J connectivity index is 1.63. The number of piperidine rings is 1. The summed E-state index contributed by atoms with van der Waals surface area (Å²) in [5, 5.41) is 3.09. The van der Waals surface area contributed by atoms with Crippen LogP contribution in [0, 0.1) is 5.92 Å². The minimum Gasteiger partial charge on any atom is -0.349 e. The molecule has 6 heteroatoms. The summed E-state index contributed by atoms with van der Waals surface area (Å²) in [4.78, 5) is 12.6. The lowest BCUT2D eigenvalue weighted by molar-refractivity contribution is -0.126. The number of benzene rings is 1. The fourth-order valence-corrected chi connectivity index (χ4v) is 5.05. The van der Waals surface area contributed by atoms with Gasteiger partial charge in [0.2, 0.25) is 15.9 Å². The van der Waals surface area contributed by atoms with Crippen LogP contribution in [-0.4, -0.2) is 37.5 Å². The minimum atomic E-state index is -3.22. The fourth-order valence-electron chi connectivity index (χ4n) is 3.87. The van der Waals surface area contributed by atoms with Gasteiger partial charge in [-0.25, -0.2) is 12.7 Å².